The Kier molecular flexibility index (Phi) is 5.40. The minimum Gasteiger partial charge on any atom is -0.374 e. The molecule has 0 atom stereocenters. The molecule has 0 unspecified atom stereocenters. The zero-order chi connectivity index (χ0) is 17.6. The van der Waals surface area contributed by atoms with Crippen LogP contribution in [-0.4, -0.2) is 27.0 Å². The average molecular weight is 338 g/mol. The number of benzene rings is 2. The SMILES string of the molecule is CC(C)OCc1ccc(CNC(=O)Cn2nnc3ccccc32)cc1. The van der Waals surface area contributed by atoms with Crippen LogP contribution in [0.25, 0.3) is 11.0 Å². The van der Waals surface area contributed by atoms with Crippen LogP contribution in [-0.2, 0) is 29.2 Å². The summed E-state index contributed by atoms with van der Waals surface area (Å²) in [5.41, 5.74) is 3.81. The summed E-state index contributed by atoms with van der Waals surface area (Å²) in [6, 6.07) is 15.6. The normalized spacial score (nSPS) is 11.2. The Hall–Kier alpha value is -2.73. The molecule has 0 aliphatic heterocycles. The lowest BCUT2D eigenvalue weighted by molar-refractivity contribution is -0.121. The fraction of sp³-hybridized carbons (Fsp3) is 0.316. The molecule has 6 nitrogen and oxygen atoms in total. The number of nitrogens with one attached hydrogen (secondary N) is 1. The van der Waals surface area contributed by atoms with Crippen LogP contribution in [0.4, 0.5) is 0 Å². The second kappa shape index (κ2) is 7.90. The third kappa shape index (κ3) is 4.64. The lowest BCUT2D eigenvalue weighted by atomic mass is 10.1. The molecule has 6 heteroatoms. The van der Waals surface area contributed by atoms with Gasteiger partial charge in [0.05, 0.1) is 18.2 Å². The number of hydrogen-bond acceptors (Lipinski definition) is 4. The third-order valence-electron chi connectivity index (χ3n) is 3.81. The van der Waals surface area contributed by atoms with Crippen molar-refractivity contribution in [1.29, 1.82) is 0 Å². The smallest absolute Gasteiger partial charge is 0.242 e. The van der Waals surface area contributed by atoms with Crippen molar-refractivity contribution in [3.63, 3.8) is 0 Å². The molecule has 1 amide bonds. The van der Waals surface area contributed by atoms with E-state index in [1.807, 2.05) is 62.4 Å². The maximum atomic E-state index is 12.2. The number of rotatable bonds is 7. The summed E-state index contributed by atoms with van der Waals surface area (Å²) in [4.78, 5) is 12.2. The number of carbonyl (C=O) groups excluding carboxylic acids is 1. The fourth-order valence-corrected chi connectivity index (χ4v) is 2.44. The molecule has 2 aromatic carbocycles. The van der Waals surface area contributed by atoms with E-state index in [4.69, 9.17) is 4.74 Å². The van der Waals surface area contributed by atoms with Crippen molar-refractivity contribution in [1.82, 2.24) is 20.3 Å². The first-order valence-corrected chi connectivity index (χ1v) is 8.36. The molecule has 0 radical (unpaired) electrons. The first-order valence-electron chi connectivity index (χ1n) is 8.36. The Balaban J connectivity index is 1.52. The molecule has 130 valence electrons. The van der Waals surface area contributed by atoms with Crippen molar-refractivity contribution < 1.29 is 9.53 Å². The van der Waals surface area contributed by atoms with E-state index < -0.39 is 0 Å². The molecular weight excluding hydrogens is 316 g/mol. The fourth-order valence-electron chi connectivity index (χ4n) is 2.44. The summed E-state index contributed by atoms with van der Waals surface area (Å²) < 4.78 is 7.18. The topological polar surface area (TPSA) is 69.0 Å². The highest BCUT2D eigenvalue weighted by atomic mass is 16.5. The summed E-state index contributed by atoms with van der Waals surface area (Å²) >= 11 is 0. The summed E-state index contributed by atoms with van der Waals surface area (Å²) in [6.07, 6.45) is 0.215. The van der Waals surface area contributed by atoms with Crippen molar-refractivity contribution in [2.24, 2.45) is 0 Å². The van der Waals surface area contributed by atoms with E-state index in [0.29, 0.717) is 13.2 Å². The number of aromatic nitrogens is 3. The first kappa shape index (κ1) is 17.1. The van der Waals surface area contributed by atoms with Gasteiger partial charge in [0.25, 0.3) is 0 Å². The third-order valence-corrected chi connectivity index (χ3v) is 3.81. The molecule has 1 aromatic heterocycles. The lowest BCUT2D eigenvalue weighted by Crippen LogP contribution is -2.27. The minimum atomic E-state index is -0.0946. The van der Waals surface area contributed by atoms with E-state index >= 15 is 0 Å². The van der Waals surface area contributed by atoms with E-state index in [1.165, 1.54) is 0 Å². The van der Waals surface area contributed by atoms with E-state index in [9.17, 15) is 4.79 Å². The predicted octanol–water partition coefficient (Wildman–Crippen LogP) is 2.67. The summed E-state index contributed by atoms with van der Waals surface area (Å²) in [6.45, 7) is 5.27. The van der Waals surface area contributed by atoms with Crippen LogP contribution in [0.2, 0.25) is 0 Å². The molecule has 0 fully saturated rings. The average Bonchev–Trinajstić information content (AvgIpc) is 3.02. The maximum Gasteiger partial charge on any atom is 0.242 e. The van der Waals surface area contributed by atoms with E-state index in [1.54, 1.807) is 4.68 Å². The largest absolute Gasteiger partial charge is 0.374 e. The van der Waals surface area contributed by atoms with Gasteiger partial charge in [-0.1, -0.05) is 41.6 Å². The van der Waals surface area contributed by atoms with Crippen molar-refractivity contribution >= 4 is 16.9 Å². The molecule has 0 aliphatic rings. The summed E-state index contributed by atoms with van der Waals surface area (Å²) in [5, 5.41) is 11.0. The molecule has 0 saturated heterocycles. The van der Waals surface area contributed by atoms with Gasteiger partial charge in [-0.3, -0.25) is 4.79 Å². The molecule has 1 heterocycles. The van der Waals surface area contributed by atoms with Gasteiger partial charge in [0.2, 0.25) is 5.91 Å². The molecule has 3 aromatic rings. The summed E-state index contributed by atoms with van der Waals surface area (Å²) in [5.74, 6) is -0.0946. The minimum absolute atomic E-state index is 0.0946. The summed E-state index contributed by atoms with van der Waals surface area (Å²) in [7, 11) is 0. The van der Waals surface area contributed by atoms with Crippen molar-refractivity contribution in [2.75, 3.05) is 0 Å². The Morgan fingerprint density at radius 3 is 2.60 bits per heavy atom. The van der Waals surface area contributed by atoms with Crippen LogP contribution < -0.4 is 5.32 Å². The lowest BCUT2D eigenvalue weighted by Gasteiger charge is -2.09. The van der Waals surface area contributed by atoms with Crippen molar-refractivity contribution in [2.45, 2.75) is 39.6 Å². The Morgan fingerprint density at radius 1 is 1.12 bits per heavy atom. The van der Waals surface area contributed by atoms with Crippen LogP contribution >= 0.6 is 0 Å². The van der Waals surface area contributed by atoms with Gasteiger partial charge in [-0.25, -0.2) is 4.68 Å². The van der Waals surface area contributed by atoms with Gasteiger partial charge in [0, 0.05) is 6.54 Å². The number of fused-ring (bicyclic) bond motifs is 1. The van der Waals surface area contributed by atoms with Crippen LogP contribution in [0.1, 0.15) is 25.0 Å². The molecular formula is C19H22N4O2. The molecule has 3 rings (SSSR count). The Labute approximate surface area is 146 Å². The molecule has 1 N–H and O–H groups in total. The zero-order valence-electron chi connectivity index (χ0n) is 14.5. The van der Waals surface area contributed by atoms with Crippen molar-refractivity contribution in [3.05, 3.63) is 59.7 Å². The van der Waals surface area contributed by atoms with Crippen LogP contribution in [0.5, 0.6) is 0 Å². The van der Waals surface area contributed by atoms with Gasteiger partial charge in [-0.05, 0) is 37.1 Å². The second-order valence-electron chi connectivity index (χ2n) is 6.19. The van der Waals surface area contributed by atoms with Gasteiger partial charge < -0.3 is 10.1 Å². The highest BCUT2D eigenvalue weighted by molar-refractivity contribution is 5.79. The van der Waals surface area contributed by atoms with Crippen LogP contribution in [0.3, 0.4) is 0 Å². The number of ether oxygens (including phenoxy) is 1. The Bertz CT molecular complexity index is 840. The number of amides is 1. The van der Waals surface area contributed by atoms with E-state index in [-0.39, 0.29) is 18.6 Å². The van der Waals surface area contributed by atoms with Gasteiger partial charge in [0.15, 0.2) is 0 Å². The Morgan fingerprint density at radius 2 is 1.84 bits per heavy atom. The first-order chi connectivity index (χ1) is 12.1. The molecule has 0 bridgehead atoms. The van der Waals surface area contributed by atoms with Gasteiger partial charge in [-0.15, -0.1) is 5.10 Å². The molecule has 0 aliphatic carbocycles. The second-order valence-corrected chi connectivity index (χ2v) is 6.19. The standard InChI is InChI=1S/C19H22N4O2/c1-14(2)25-13-16-9-7-15(8-10-16)11-20-19(24)12-23-18-6-4-3-5-17(18)21-22-23/h3-10,14H,11-13H2,1-2H3,(H,20,24). The highest BCUT2D eigenvalue weighted by Gasteiger charge is 2.08. The zero-order valence-corrected chi connectivity index (χ0v) is 14.5. The van der Waals surface area contributed by atoms with Crippen molar-refractivity contribution in [3.8, 4) is 0 Å². The van der Waals surface area contributed by atoms with E-state index in [2.05, 4.69) is 15.6 Å². The quantitative estimate of drug-likeness (QED) is 0.719. The number of nitrogens with zero attached hydrogens (tertiary/aromatic N) is 3. The van der Waals surface area contributed by atoms with Crippen LogP contribution in [0, 0.1) is 0 Å². The predicted molar refractivity (Wildman–Crippen MR) is 95.7 cm³/mol. The number of para-hydroxylation sites is 1. The number of carbonyl (C=O) groups is 1. The highest BCUT2D eigenvalue weighted by Crippen LogP contribution is 2.10. The van der Waals surface area contributed by atoms with Gasteiger partial charge in [-0.2, -0.15) is 0 Å². The van der Waals surface area contributed by atoms with E-state index in [0.717, 1.165) is 22.2 Å². The monoisotopic (exact) mass is 338 g/mol. The molecule has 0 spiro atoms. The van der Waals surface area contributed by atoms with Gasteiger partial charge in [0.1, 0.15) is 12.1 Å². The number of hydrogen-bond donors (Lipinski definition) is 1. The molecule has 25 heavy (non-hydrogen) atoms. The molecule has 0 saturated carbocycles. The maximum absolute atomic E-state index is 12.2. The van der Waals surface area contributed by atoms with Crippen LogP contribution in [0.15, 0.2) is 48.5 Å². The van der Waals surface area contributed by atoms with Gasteiger partial charge >= 0.3 is 0 Å².